The van der Waals surface area contributed by atoms with Gasteiger partial charge in [-0.3, -0.25) is 4.79 Å². The van der Waals surface area contributed by atoms with E-state index in [1.807, 2.05) is 0 Å². The quantitative estimate of drug-likeness (QED) is 0.811. The number of halogens is 2. The molecule has 0 radical (unpaired) electrons. The smallest absolute Gasteiger partial charge is 0.337 e. The van der Waals surface area contributed by atoms with Crippen LogP contribution in [-0.4, -0.2) is 22.0 Å². The molecule has 2 atom stereocenters. The highest BCUT2D eigenvalue weighted by molar-refractivity contribution is 9.09. The molecule has 0 aliphatic rings. The Morgan fingerprint density at radius 3 is 2.44 bits per heavy atom. The summed E-state index contributed by atoms with van der Waals surface area (Å²) in [6.45, 7) is 1.38. The van der Waals surface area contributed by atoms with E-state index >= 15 is 0 Å². The first-order chi connectivity index (χ1) is 8.38. The van der Waals surface area contributed by atoms with Crippen LogP contribution in [0.1, 0.15) is 34.5 Å². The van der Waals surface area contributed by atoms with Crippen molar-refractivity contribution >= 4 is 39.3 Å². The average Bonchev–Trinajstić information content (AvgIpc) is 2.35. The van der Waals surface area contributed by atoms with Crippen molar-refractivity contribution in [3.63, 3.8) is 0 Å². The normalized spacial score (nSPS) is 14.0. The van der Waals surface area contributed by atoms with Crippen molar-refractivity contribution in [2.75, 3.05) is 0 Å². The van der Waals surface area contributed by atoms with E-state index in [0.717, 1.165) is 5.56 Å². The SMILES string of the molecule is CC(=O)C(Br)c1cc(CCl)ccc1C(O)C(=O)O. The van der Waals surface area contributed by atoms with E-state index in [0.29, 0.717) is 5.56 Å². The predicted molar refractivity (Wildman–Crippen MR) is 70.9 cm³/mol. The maximum Gasteiger partial charge on any atom is 0.337 e. The Bertz CT molecular complexity index is 475. The first-order valence-corrected chi connectivity index (χ1v) is 6.57. The second kappa shape index (κ2) is 6.31. The van der Waals surface area contributed by atoms with Gasteiger partial charge >= 0.3 is 5.97 Å². The lowest BCUT2D eigenvalue weighted by Crippen LogP contribution is -2.15. The second-order valence-electron chi connectivity index (χ2n) is 3.81. The molecular weight excluding hydrogens is 323 g/mol. The first kappa shape index (κ1) is 15.1. The molecule has 0 saturated carbocycles. The molecule has 0 amide bonds. The van der Waals surface area contributed by atoms with Crippen LogP contribution in [0.3, 0.4) is 0 Å². The summed E-state index contributed by atoms with van der Waals surface area (Å²) in [7, 11) is 0. The van der Waals surface area contributed by atoms with E-state index in [9.17, 15) is 14.7 Å². The maximum atomic E-state index is 11.4. The second-order valence-corrected chi connectivity index (χ2v) is 4.99. The van der Waals surface area contributed by atoms with Crippen LogP contribution in [-0.2, 0) is 15.5 Å². The Morgan fingerprint density at radius 2 is 2.00 bits per heavy atom. The van der Waals surface area contributed by atoms with Gasteiger partial charge in [-0.05, 0) is 23.6 Å². The van der Waals surface area contributed by atoms with Gasteiger partial charge in [-0.25, -0.2) is 4.79 Å². The Balaban J connectivity index is 3.33. The molecule has 2 N–H and O–H groups in total. The average molecular weight is 336 g/mol. The van der Waals surface area contributed by atoms with Crippen molar-refractivity contribution in [1.29, 1.82) is 0 Å². The van der Waals surface area contributed by atoms with Crippen LogP contribution in [0, 0.1) is 0 Å². The standard InChI is InChI=1S/C12H12BrClO4/c1-6(15)10(13)9-4-7(5-14)2-3-8(9)11(16)12(17)18/h2-4,10-11,16H,5H2,1H3,(H,17,18). The van der Waals surface area contributed by atoms with E-state index < -0.39 is 16.9 Å². The molecule has 0 spiro atoms. The minimum Gasteiger partial charge on any atom is -0.479 e. The van der Waals surface area contributed by atoms with Gasteiger partial charge in [0.25, 0.3) is 0 Å². The molecule has 98 valence electrons. The molecule has 18 heavy (non-hydrogen) atoms. The van der Waals surface area contributed by atoms with Gasteiger partial charge in [0, 0.05) is 5.88 Å². The molecule has 0 aromatic heterocycles. The van der Waals surface area contributed by atoms with Gasteiger partial charge in [-0.1, -0.05) is 34.1 Å². The molecule has 4 nitrogen and oxygen atoms in total. The van der Waals surface area contributed by atoms with E-state index in [-0.39, 0.29) is 17.2 Å². The lowest BCUT2D eigenvalue weighted by atomic mass is 9.96. The highest BCUT2D eigenvalue weighted by Crippen LogP contribution is 2.32. The lowest BCUT2D eigenvalue weighted by molar-refractivity contribution is -0.147. The number of carbonyl (C=O) groups is 2. The van der Waals surface area contributed by atoms with E-state index in [2.05, 4.69) is 15.9 Å². The summed E-state index contributed by atoms with van der Waals surface area (Å²) in [4.78, 5) is 21.5. The molecule has 1 aromatic carbocycles. The maximum absolute atomic E-state index is 11.4. The van der Waals surface area contributed by atoms with Gasteiger partial charge in [0.2, 0.25) is 0 Å². The lowest BCUT2D eigenvalue weighted by Gasteiger charge is -2.16. The highest BCUT2D eigenvalue weighted by Gasteiger charge is 2.24. The largest absolute Gasteiger partial charge is 0.479 e. The van der Waals surface area contributed by atoms with Crippen molar-refractivity contribution in [1.82, 2.24) is 0 Å². The number of alkyl halides is 2. The van der Waals surface area contributed by atoms with Crippen LogP contribution >= 0.6 is 27.5 Å². The van der Waals surface area contributed by atoms with Crippen molar-refractivity contribution in [3.8, 4) is 0 Å². The van der Waals surface area contributed by atoms with Crippen molar-refractivity contribution in [3.05, 3.63) is 34.9 Å². The molecule has 6 heteroatoms. The summed E-state index contributed by atoms with van der Waals surface area (Å²) in [6, 6.07) is 4.72. The Morgan fingerprint density at radius 1 is 1.39 bits per heavy atom. The molecule has 0 heterocycles. The summed E-state index contributed by atoms with van der Waals surface area (Å²) in [5.41, 5.74) is 1.36. The number of carboxylic acids is 1. The van der Waals surface area contributed by atoms with Crippen LogP contribution < -0.4 is 0 Å². The number of aliphatic hydroxyl groups is 1. The zero-order chi connectivity index (χ0) is 13.9. The van der Waals surface area contributed by atoms with E-state index in [1.54, 1.807) is 12.1 Å². The third-order valence-corrected chi connectivity index (χ3v) is 3.91. The van der Waals surface area contributed by atoms with Crippen molar-refractivity contribution < 1.29 is 19.8 Å². The number of hydrogen-bond donors (Lipinski definition) is 2. The molecule has 0 aliphatic heterocycles. The molecule has 0 fully saturated rings. The first-order valence-electron chi connectivity index (χ1n) is 5.12. The summed E-state index contributed by atoms with van der Waals surface area (Å²) < 4.78 is 0. The van der Waals surface area contributed by atoms with Crippen LogP contribution in [0.2, 0.25) is 0 Å². The molecule has 0 aliphatic carbocycles. The number of Topliss-reactive ketones (excluding diaryl/α,β-unsaturated/α-hetero) is 1. The van der Waals surface area contributed by atoms with Crippen LogP contribution in [0.4, 0.5) is 0 Å². The topological polar surface area (TPSA) is 74.6 Å². The number of benzene rings is 1. The van der Waals surface area contributed by atoms with Gasteiger partial charge in [-0.15, -0.1) is 11.6 Å². The predicted octanol–water partition coefficient (Wildman–Crippen LogP) is 2.57. The Hall–Kier alpha value is -0.910. The number of ketones is 1. The number of carbonyl (C=O) groups excluding carboxylic acids is 1. The minimum absolute atomic E-state index is 0.180. The molecule has 2 unspecified atom stereocenters. The highest BCUT2D eigenvalue weighted by atomic mass is 79.9. The van der Waals surface area contributed by atoms with Gasteiger partial charge in [0.15, 0.2) is 6.10 Å². The molecule has 1 aromatic rings. The van der Waals surface area contributed by atoms with Gasteiger partial charge in [-0.2, -0.15) is 0 Å². The molecular formula is C12H12BrClO4. The summed E-state index contributed by atoms with van der Waals surface area (Å²) >= 11 is 8.88. The monoisotopic (exact) mass is 334 g/mol. The van der Waals surface area contributed by atoms with E-state index in [4.69, 9.17) is 16.7 Å². The fourth-order valence-corrected chi connectivity index (χ4v) is 2.09. The molecule has 0 bridgehead atoms. The summed E-state index contributed by atoms with van der Waals surface area (Å²) in [5.74, 6) is -1.30. The van der Waals surface area contributed by atoms with Gasteiger partial charge in [0.1, 0.15) is 5.78 Å². The summed E-state index contributed by atoms with van der Waals surface area (Å²) in [6.07, 6.45) is -1.66. The van der Waals surface area contributed by atoms with Crippen molar-refractivity contribution in [2.45, 2.75) is 23.7 Å². The fourth-order valence-electron chi connectivity index (χ4n) is 1.53. The number of aliphatic carboxylic acids is 1. The molecule has 0 saturated heterocycles. The molecule has 1 rings (SSSR count). The Labute approximate surface area is 118 Å². The van der Waals surface area contributed by atoms with Gasteiger partial charge in [0.05, 0.1) is 4.83 Å². The number of rotatable bonds is 5. The zero-order valence-electron chi connectivity index (χ0n) is 9.56. The number of aliphatic hydroxyl groups excluding tert-OH is 1. The van der Waals surface area contributed by atoms with Crippen molar-refractivity contribution in [2.24, 2.45) is 0 Å². The van der Waals surface area contributed by atoms with E-state index in [1.165, 1.54) is 13.0 Å². The summed E-state index contributed by atoms with van der Waals surface area (Å²) in [5, 5.41) is 18.4. The van der Waals surface area contributed by atoms with Crippen LogP contribution in [0.25, 0.3) is 0 Å². The number of hydrogen-bond acceptors (Lipinski definition) is 3. The fraction of sp³-hybridized carbons (Fsp3) is 0.333. The third-order valence-electron chi connectivity index (χ3n) is 2.46. The van der Waals surface area contributed by atoms with Crippen LogP contribution in [0.5, 0.6) is 0 Å². The minimum atomic E-state index is -1.66. The van der Waals surface area contributed by atoms with Gasteiger partial charge < -0.3 is 10.2 Å². The Kier molecular flexibility index (Phi) is 5.31. The zero-order valence-corrected chi connectivity index (χ0v) is 11.9. The number of carboxylic acid groups (broad SMARTS) is 1. The van der Waals surface area contributed by atoms with Crippen LogP contribution in [0.15, 0.2) is 18.2 Å². The third kappa shape index (κ3) is 3.31.